The molecule has 3 aromatic rings. The van der Waals surface area contributed by atoms with Crippen LogP contribution in [0.4, 0.5) is 0 Å². The van der Waals surface area contributed by atoms with E-state index in [0.29, 0.717) is 18.7 Å². The number of esters is 1. The molecule has 4 rings (SSSR count). The van der Waals surface area contributed by atoms with E-state index >= 15 is 0 Å². The molecule has 1 aliphatic heterocycles. The van der Waals surface area contributed by atoms with Crippen LogP contribution in [0, 0.1) is 0 Å². The highest BCUT2D eigenvalue weighted by Gasteiger charge is 2.41. The van der Waals surface area contributed by atoms with E-state index in [2.05, 4.69) is 15.5 Å². The highest BCUT2D eigenvalue weighted by Crippen LogP contribution is 2.30. The van der Waals surface area contributed by atoms with Crippen LogP contribution in [0.5, 0.6) is 0 Å². The van der Waals surface area contributed by atoms with E-state index in [1.807, 2.05) is 30.3 Å². The normalized spacial score (nSPS) is 17.0. The van der Waals surface area contributed by atoms with Gasteiger partial charge in [0, 0.05) is 23.0 Å². The van der Waals surface area contributed by atoms with Gasteiger partial charge in [0.25, 0.3) is 0 Å². The van der Waals surface area contributed by atoms with Gasteiger partial charge in [0.2, 0.25) is 21.8 Å². The number of carbonyl (C=O) groups excluding carboxylic acids is 2. The minimum absolute atomic E-state index is 0.0131. The fourth-order valence-corrected chi connectivity index (χ4v) is 6.76. The van der Waals surface area contributed by atoms with E-state index in [-0.39, 0.29) is 40.2 Å². The summed E-state index contributed by atoms with van der Waals surface area (Å²) in [5.74, 6) is -0.817. The first-order valence-electron chi connectivity index (χ1n) is 12.7. The molecule has 2 aromatic carbocycles. The summed E-state index contributed by atoms with van der Waals surface area (Å²) in [6, 6.07) is 11.4. The van der Waals surface area contributed by atoms with Crippen LogP contribution in [0.15, 0.2) is 57.9 Å². The van der Waals surface area contributed by atoms with Gasteiger partial charge in [-0.2, -0.15) is 9.29 Å². The minimum atomic E-state index is -4.10. The number of benzene rings is 2. The lowest BCUT2D eigenvalue weighted by Gasteiger charge is -2.26. The summed E-state index contributed by atoms with van der Waals surface area (Å²) in [6.45, 7) is 5.31. The molecule has 2 heterocycles. The van der Waals surface area contributed by atoms with Crippen molar-refractivity contribution in [2.75, 3.05) is 6.54 Å². The fraction of sp³-hybridized carbons (Fsp3) is 0.407. The van der Waals surface area contributed by atoms with Gasteiger partial charge in [-0.1, -0.05) is 58.7 Å². The number of aromatic nitrogens is 2. The second kappa shape index (κ2) is 12.3. The number of carbonyl (C=O) groups is 2. The number of nitrogens with one attached hydrogen (secondary N) is 1. The molecule has 0 bridgehead atoms. The average molecular weight is 610 g/mol. The SMILES string of the molecule is CC(C)(C)OC(=O)C[C@@H](NC(=O)[C@@H]1CCCN1S(=O)(=O)c1cc(Cl)cc(Cl)c1)c1nc(Cc2ccccc2)no1. The van der Waals surface area contributed by atoms with Gasteiger partial charge in [-0.05, 0) is 57.4 Å². The first kappa shape index (κ1) is 30.0. The Morgan fingerprint density at radius 2 is 1.82 bits per heavy atom. The summed E-state index contributed by atoms with van der Waals surface area (Å²) < 4.78 is 38.9. The second-order valence-corrected chi connectivity index (χ2v) is 13.2. The van der Waals surface area contributed by atoms with Crippen molar-refractivity contribution in [2.24, 2.45) is 0 Å². The van der Waals surface area contributed by atoms with E-state index in [0.717, 1.165) is 9.87 Å². The van der Waals surface area contributed by atoms with Crippen molar-refractivity contribution in [3.05, 3.63) is 75.9 Å². The first-order valence-corrected chi connectivity index (χ1v) is 14.9. The van der Waals surface area contributed by atoms with Crippen molar-refractivity contribution in [3.8, 4) is 0 Å². The van der Waals surface area contributed by atoms with Gasteiger partial charge >= 0.3 is 5.97 Å². The molecule has 0 unspecified atom stereocenters. The van der Waals surface area contributed by atoms with E-state index < -0.39 is 39.6 Å². The van der Waals surface area contributed by atoms with E-state index in [1.54, 1.807) is 20.8 Å². The van der Waals surface area contributed by atoms with Crippen LogP contribution in [0.3, 0.4) is 0 Å². The van der Waals surface area contributed by atoms with Crippen LogP contribution in [-0.2, 0) is 30.8 Å². The van der Waals surface area contributed by atoms with E-state index in [4.69, 9.17) is 32.5 Å². The number of ether oxygens (including phenoxy) is 1. The Kier molecular flexibility index (Phi) is 9.19. The van der Waals surface area contributed by atoms with Crippen LogP contribution in [0.25, 0.3) is 0 Å². The summed E-state index contributed by atoms with van der Waals surface area (Å²) in [6.07, 6.45) is 0.833. The summed E-state index contributed by atoms with van der Waals surface area (Å²) >= 11 is 12.1. The third kappa shape index (κ3) is 7.60. The number of rotatable bonds is 9. The maximum Gasteiger partial charge on any atom is 0.308 e. The van der Waals surface area contributed by atoms with Crippen molar-refractivity contribution in [2.45, 2.75) is 69.0 Å². The van der Waals surface area contributed by atoms with E-state index in [1.165, 1.54) is 18.2 Å². The predicted octanol–water partition coefficient (Wildman–Crippen LogP) is 4.71. The van der Waals surface area contributed by atoms with Crippen molar-refractivity contribution >= 4 is 45.1 Å². The topological polar surface area (TPSA) is 132 Å². The van der Waals surface area contributed by atoms with E-state index in [9.17, 15) is 18.0 Å². The first-order chi connectivity index (χ1) is 18.8. The van der Waals surface area contributed by atoms with Gasteiger partial charge in [-0.25, -0.2) is 8.42 Å². The van der Waals surface area contributed by atoms with Gasteiger partial charge in [-0.15, -0.1) is 0 Å². The Balaban J connectivity index is 1.56. The van der Waals surface area contributed by atoms with Gasteiger partial charge < -0.3 is 14.6 Å². The fourth-order valence-electron chi connectivity index (χ4n) is 4.38. The number of halogens is 2. The third-order valence-electron chi connectivity index (χ3n) is 6.04. The Labute approximate surface area is 243 Å². The molecule has 0 radical (unpaired) electrons. The third-order valence-corrected chi connectivity index (χ3v) is 8.37. The zero-order chi connectivity index (χ0) is 29.1. The molecule has 40 heavy (non-hydrogen) atoms. The number of nitrogens with zero attached hydrogens (tertiary/aromatic N) is 3. The van der Waals surface area contributed by atoms with Crippen molar-refractivity contribution in [1.82, 2.24) is 19.8 Å². The number of sulfonamides is 1. The molecule has 0 aliphatic carbocycles. The second-order valence-electron chi connectivity index (χ2n) is 10.4. The molecular weight excluding hydrogens is 579 g/mol. The maximum atomic E-state index is 13.5. The van der Waals surface area contributed by atoms with Crippen molar-refractivity contribution in [1.29, 1.82) is 0 Å². The quantitative estimate of drug-likeness (QED) is 0.345. The molecule has 1 amide bonds. The van der Waals surface area contributed by atoms with Gasteiger partial charge in [0.15, 0.2) is 5.82 Å². The molecular formula is C27H30Cl2N4O6S. The summed E-state index contributed by atoms with van der Waals surface area (Å²) in [5, 5.41) is 7.08. The van der Waals surface area contributed by atoms with Crippen molar-refractivity contribution in [3.63, 3.8) is 0 Å². The minimum Gasteiger partial charge on any atom is -0.460 e. The smallest absolute Gasteiger partial charge is 0.308 e. The molecule has 1 N–H and O–H groups in total. The summed E-state index contributed by atoms with van der Waals surface area (Å²) in [7, 11) is -4.10. The van der Waals surface area contributed by atoms with Crippen LogP contribution < -0.4 is 5.32 Å². The lowest BCUT2D eigenvalue weighted by atomic mass is 10.1. The Morgan fingerprint density at radius 1 is 1.15 bits per heavy atom. The Bertz CT molecular complexity index is 1450. The monoisotopic (exact) mass is 608 g/mol. The molecule has 1 saturated heterocycles. The number of amides is 1. The van der Waals surface area contributed by atoms with Crippen LogP contribution in [0.1, 0.15) is 63.4 Å². The summed E-state index contributed by atoms with van der Waals surface area (Å²) in [4.78, 5) is 30.5. The highest BCUT2D eigenvalue weighted by atomic mass is 35.5. The van der Waals surface area contributed by atoms with Gasteiger partial charge in [0.05, 0.1) is 11.3 Å². The lowest BCUT2D eigenvalue weighted by Crippen LogP contribution is -2.47. The Hall–Kier alpha value is -2.99. The van der Waals surface area contributed by atoms with Gasteiger partial charge in [0.1, 0.15) is 17.7 Å². The number of hydrogen-bond acceptors (Lipinski definition) is 8. The van der Waals surface area contributed by atoms with Crippen molar-refractivity contribution < 1.29 is 27.3 Å². The largest absolute Gasteiger partial charge is 0.460 e. The maximum absolute atomic E-state index is 13.5. The standard InChI is InChI=1S/C27H30Cl2N4O6S/c1-27(2,3)38-24(34)16-21(26-31-23(32-39-26)12-17-8-5-4-6-9-17)30-25(35)22-10-7-11-33(22)40(36,37)20-14-18(28)13-19(29)15-20/h4-6,8-9,13-15,21-22H,7,10-12,16H2,1-3H3,(H,30,35)/t21-,22+/m1/s1. The van der Waals surface area contributed by atoms with Gasteiger partial charge in [-0.3, -0.25) is 9.59 Å². The molecule has 2 atom stereocenters. The van der Waals surface area contributed by atoms with Crippen LogP contribution in [-0.4, -0.2) is 52.9 Å². The van der Waals surface area contributed by atoms with Crippen LogP contribution >= 0.6 is 23.2 Å². The number of hydrogen-bond donors (Lipinski definition) is 1. The Morgan fingerprint density at radius 3 is 2.48 bits per heavy atom. The zero-order valence-corrected chi connectivity index (χ0v) is 24.6. The summed E-state index contributed by atoms with van der Waals surface area (Å²) in [5.41, 5.74) is 0.198. The molecule has 1 fully saturated rings. The highest BCUT2D eigenvalue weighted by molar-refractivity contribution is 7.89. The molecule has 214 valence electrons. The molecule has 0 saturated carbocycles. The molecule has 13 heteroatoms. The molecule has 1 aliphatic rings. The van der Waals surface area contributed by atoms with Crippen LogP contribution in [0.2, 0.25) is 10.0 Å². The molecule has 10 nitrogen and oxygen atoms in total. The predicted molar refractivity (Wildman–Crippen MR) is 148 cm³/mol. The lowest BCUT2D eigenvalue weighted by molar-refractivity contribution is -0.155. The zero-order valence-electron chi connectivity index (χ0n) is 22.3. The molecule has 0 spiro atoms. The molecule has 1 aromatic heterocycles. The average Bonchev–Trinajstić information content (AvgIpc) is 3.53.